The molecule has 2 aromatic rings. The first-order chi connectivity index (χ1) is 15.6. The Labute approximate surface area is 190 Å². The molecule has 0 radical (unpaired) electrons. The van der Waals surface area contributed by atoms with Crippen molar-refractivity contribution in [3.8, 4) is 11.5 Å². The molecule has 1 aliphatic carbocycles. The summed E-state index contributed by atoms with van der Waals surface area (Å²) in [7, 11) is -4.06. The van der Waals surface area contributed by atoms with Crippen molar-refractivity contribution in [2.75, 3.05) is 13.1 Å². The number of rotatable bonds is 6. The number of ether oxygens (including phenoxy) is 1. The number of carboxylic acids is 1. The highest BCUT2D eigenvalue weighted by Crippen LogP contribution is 2.54. The van der Waals surface area contributed by atoms with Crippen LogP contribution < -0.4 is 15.8 Å². The molecule has 4 rings (SSSR count). The van der Waals surface area contributed by atoms with Gasteiger partial charge in [-0.15, -0.1) is 0 Å². The zero-order valence-corrected chi connectivity index (χ0v) is 18.7. The third-order valence-corrected chi connectivity index (χ3v) is 9.36. The van der Waals surface area contributed by atoms with Gasteiger partial charge in [0.2, 0.25) is 5.91 Å². The van der Waals surface area contributed by atoms with Crippen molar-refractivity contribution in [2.45, 2.75) is 41.7 Å². The zero-order valence-electron chi connectivity index (χ0n) is 17.8. The number of primary amides is 1. The van der Waals surface area contributed by atoms with E-state index in [1.165, 1.54) is 30.3 Å². The van der Waals surface area contributed by atoms with Crippen molar-refractivity contribution < 1.29 is 32.2 Å². The summed E-state index contributed by atoms with van der Waals surface area (Å²) in [6, 6.07) is 8.80. The number of aromatic carboxylic acids is 1. The summed E-state index contributed by atoms with van der Waals surface area (Å²) in [5, 5.41) is 12.2. The second kappa shape index (κ2) is 8.42. The van der Waals surface area contributed by atoms with Gasteiger partial charge in [0.15, 0.2) is 14.6 Å². The van der Waals surface area contributed by atoms with E-state index in [0.29, 0.717) is 6.42 Å². The number of carbonyl (C=O) groups is 2. The molecule has 8 nitrogen and oxygen atoms in total. The van der Waals surface area contributed by atoms with Crippen LogP contribution in [0.4, 0.5) is 4.39 Å². The van der Waals surface area contributed by atoms with Gasteiger partial charge in [0.25, 0.3) is 0 Å². The first-order valence-electron chi connectivity index (χ1n) is 10.6. The lowest BCUT2D eigenvalue weighted by Gasteiger charge is -2.35. The van der Waals surface area contributed by atoms with Crippen LogP contribution in [-0.4, -0.2) is 43.2 Å². The SMILES string of the molecule is NC(=O)C1(S(=O)(=O)c2ccc(Oc3ccc(C(=O)O)c(F)c3)cc2)CCC2(CCNCC2)C1. The molecule has 2 aromatic carbocycles. The van der Waals surface area contributed by atoms with Gasteiger partial charge in [-0.1, -0.05) is 0 Å². The van der Waals surface area contributed by atoms with Crippen LogP contribution in [0.3, 0.4) is 0 Å². The predicted molar refractivity (Wildman–Crippen MR) is 117 cm³/mol. The van der Waals surface area contributed by atoms with E-state index in [9.17, 15) is 22.4 Å². The van der Waals surface area contributed by atoms with Crippen LogP contribution in [0, 0.1) is 11.2 Å². The lowest BCUT2D eigenvalue weighted by Crippen LogP contribution is -2.50. The fourth-order valence-electron chi connectivity index (χ4n) is 4.99. The molecule has 1 amide bonds. The van der Waals surface area contributed by atoms with Crippen LogP contribution in [0.2, 0.25) is 0 Å². The van der Waals surface area contributed by atoms with Gasteiger partial charge in [-0.3, -0.25) is 4.79 Å². The number of piperidine rings is 1. The van der Waals surface area contributed by atoms with Gasteiger partial charge in [0.1, 0.15) is 17.3 Å². The number of nitrogens with two attached hydrogens (primary N) is 1. The highest BCUT2D eigenvalue weighted by molar-refractivity contribution is 7.93. The number of hydrogen-bond acceptors (Lipinski definition) is 6. The van der Waals surface area contributed by atoms with Crippen molar-refractivity contribution in [1.29, 1.82) is 0 Å². The molecule has 176 valence electrons. The van der Waals surface area contributed by atoms with E-state index in [-0.39, 0.29) is 34.7 Å². The quantitative estimate of drug-likeness (QED) is 0.583. The molecule has 1 aliphatic heterocycles. The molecule has 1 spiro atoms. The number of halogens is 1. The summed E-state index contributed by atoms with van der Waals surface area (Å²) < 4.78 is 44.9. The molecule has 10 heteroatoms. The van der Waals surface area contributed by atoms with Crippen LogP contribution in [0.1, 0.15) is 42.5 Å². The fraction of sp³-hybridized carbons (Fsp3) is 0.391. The van der Waals surface area contributed by atoms with Crippen LogP contribution in [0.15, 0.2) is 47.4 Å². The topological polar surface area (TPSA) is 136 Å². The van der Waals surface area contributed by atoms with Crippen molar-refractivity contribution in [2.24, 2.45) is 11.1 Å². The zero-order chi connectivity index (χ0) is 23.9. The van der Waals surface area contributed by atoms with Gasteiger partial charge < -0.3 is 20.9 Å². The van der Waals surface area contributed by atoms with E-state index in [4.69, 9.17) is 15.6 Å². The second-order valence-electron chi connectivity index (χ2n) is 8.81. The van der Waals surface area contributed by atoms with Gasteiger partial charge in [0, 0.05) is 6.07 Å². The Morgan fingerprint density at radius 1 is 1.00 bits per heavy atom. The summed E-state index contributed by atoms with van der Waals surface area (Å²) in [5.41, 5.74) is 5.00. The Bertz CT molecular complexity index is 1190. The molecule has 1 saturated carbocycles. The molecule has 2 aliphatic rings. The number of benzene rings is 2. The Balaban J connectivity index is 1.58. The number of sulfone groups is 1. The largest absolute Gasteiger partial charge is 0.478 e. The molecule has 2 fully saturated rings. The van der Waals surface area contributed by atoms with Crippen molar-refractivity contribution >= 4 is 21.7 Å². The Morgan fingerprint density at radius 2 is 1.64 bits per heavy atom. The maximum atomic E-state index is 13.9. The van der Waals surface area contributed by atoms with Crippen molar-refractivity contribution in [3.63, 3.8) is 0 Å². The minimum atomic E-state index is -4.06. The van der Waals surface area contributed by atoms with Crippen LogP contribution in [0.5, 0.6) is 11.5 Å². The third kappa shape index (κ3) is 4.08. The van der Waals surface area contributed by atoms with E-state index >= 15 is 0 Å². The molecule has 1 unspecified atom stereocenters. The van der Waals surface area contributed by atoms with Gasteiger partial charge in [-0.2, -0.15) is 0 Å². The first kappa shape index (κ1) is 23.2. The molecule has 1 atom stereocenters. The average Bonchev–Trinajstić information content (AvgIpc) is 3.15. The molecule has 0 aromatic heterocycles. The molecule has 33 heavy (non-hydrogen) atoms. The summed E-state index contributed by atoms with van der Waals surface area (Å²) in [4.78, 5) is 23.4. The third-order valence-electron chi connectivity index (χ3n) is 6.89. The summed E-state index contributed by atoms with van der Waals surface area (Å²) in [6.07, 6.45) is 2.66. The number of amides is 1. The maximum Gasteiger partial charge on any atom is 0.338 e. The Morgan fingerprint density at radius 3 is 2.21 bits per heavy atom. The highest BCUT2D eigenvalue weighted by atomic mass is 32.2. The number of nitrogens with one attached hydrogen (secondary N) is 1. The number of hydrogen-bond donors (Lipinski definition) is 3. The Hall–Kier alpha value is -2.98. The minimum absolute atomic E-state index is 0.0351. The lowest BCUT2D eigenvalue weighted by molar-refractivity contribution is -0.120. The van der Waals surface area contributed by atoms with E-state index in [1.54, 1.807) is 0 Å². The molecule has 1 heterocycles. The average molecular weight is 477 g/mol. The van der Waals surface area contributed by atoms with Gasteiger partial charge in [0.05, 0.1) is 10.5 Å². The van der Waals surface area contributed by atoms with Gasteiger partial charge in [-0.05, 0) is 87.0 Å². The molecule has 4 N–H and O–H groups in total. The van der Waals surface area contributed by atoms with E-state index in [0.717, 1.165) is 38.1 Å². The highest BCUT2D eigenvalue weighted by Gasteiger charge is 2.59. The lowest BCUT2D eigenvalue weighted by atomic mass is 9.77. The fourth-order valence-corrected chi connectivity index (χ4v) is 7.06. The van der Waals surface area contributed by atoms with Crippen LogP contribution in [-0.2, 0) is 14.6 Å². The number of carboxylic acid groups (broad SMARTS) is 1. The van der Waals surface area contributed by atoms with Crippen LogP contribution >= 0.6 is 0 Å². The number of carbonyl (C=O) groups excluding carboxylic acids is 1. The first-order valence-corrected chi connectivity index (χ1v) is 12.1. The normalized spacial score (nSPS) is 22.2. The molecular weight excluding hydrogens is 451 g/mol. The van der Waals surface area contributed by atoms with Gasteiger partial charge in [-0.25, -0.2) is 17.6 Å². The standard InChI is InChI=1S/C23H25FN2O6S/c24-19-13-16(3-6-18(19)20(27)28)32-15-1-4-17(5-2-15)33(30,31)23(21(25)29)8-7-22(14-23)9-11-26-12-10-22/h1-6,13,26H,7-12,14H2,(H2,25,29)(H,27,28). The maximum absolute atomic E-state index is 13.9. The van der Waals surface area contributed by atoms with Gasteiger partial charge >= 0.3 is 5.97 Å². The molecular formula is C23H25FN2O6S. The van der Waals surface area contributed by atoms with Crippen LogP contribution in [0.25, 0.3) is 0 Å². The molecule has 0 bridgehead atoms. The predicted octanol–water partition coefficient (Wildman–Crippen LogP) is 2.87. The summed E-state index contributed by atoms with van der Waals surface area (Å²) in [5.74, 6) is -2.88. The summed E-state index contributed by atoms with van der Waals surface area (Å²) in [6.45, 7) is 1.57. The molecule has 1 saturated heterocycles. The van der Waals surface area contributed by atoms with Crippen molar-refractivity contribution in [3.05, 3.63) is 53.8 Å². The summed E-state index contributed by atoms with van der Waals surface area (Å²) >= 11 is 0. The smallest absolute Gasteiger partial charge is 0.338 e. The Kier molecular flexibility index (Phi) is 5.92. The monoisotopic (exact) mass is 476 g/mol. The van der Waals surface area contributed by atoms with E-state index in [1.807, 2.05) is 0 Å². The second-order valence-corrected chi connectivity index (χ2v) is 11.1. The van der Waals surface area contributed by atoms with Crippen molar-refractivity contribution in [1.82, 2.24) is 5.32 Å². The van der Waals surface area contributed by atoms with E-state index in [2.05, 4.69) is 5.32 Å². The van der Waals surface area contributed by atoms with E-state index < -0.39 is 37.8 Å². The minimum Gasteiger partial charge on any atom is -0.478 e.